The number of imidazole rings is 1. The molecule has 26 heavy (non-hydrogen) atoms. The van der Waals surface area contributed by atoms with Crippen molar-refractivity contribution < 1.29 is 13.2 Å². The zero-order chi connectivity index (χ0) is 18.6. The molecular formula is C18H16IN3O3S. The molecule has 0 bridgehead atoms. The van der Waals surface area contributed by atoms with Gasteiger partial charge in [0, 0.05) is 28.2 Å². The molecule has 0 fully saturated rings. The molecule has 1 amide bonds. The van der Waals surface area contributed by atoms with Crippen LogP contribution in [0.3, 0.4) is 0 Å². The molecule has 6 nitrogen and oxygen atoms in total. The van der Waals surface area contributed by atoms with Crippen molar-refractivity contribution in [1.82, 2.24) is 9.55 Å². The second-order valence-electron chi connectivity index (χ2n) is 5.64. The second-order valence-corrected chi connectivity index (χ2v) is 8.77. The Morgan fingerprint density at radius 2 is 1.88 bits per heavy atom. The number of amides is 1. The standard InChI is InChI=1S/C18H16IN3O3S/c19-15-7-4-8-16(11-15)21-17(23)13-26(24,25)18-20-9-10-22(18)12-14-5-2-1-3-6-14/h1-11H,12-13H2,(H,21,23). The Bertz CT molecular complexity index is 1020. The predicted octanol–water partition coefficient (Wildman–Crippen LogP) is 2.95. The van der Waals surface area contributed by atoms with E-state index in [4.69, 9.17) is 0 Å². The zero-order valence-corrected chi connectivity index (χ0v) is 16.6. The molecule has 0 saturated heterocycles. The topological polar surface area (TPSA) is 81.1 Å². The minimum atomic E-state index is -3.86. The predicted molar refractivity (Wildman–Crippen MR) is 108 cm³/mol. The molecule has 0 spiro atoms. The number of nitrogens with zero attached hydrogens (tertiary/aromatic N) is 2. The van der Waals surface area contributed by atoms with E-state index in [1.54, 1.807) is 24.4 Å². The highest BCUT2D eigenvalue weighted by atomic mass is 127. The highest BCUT2D eigenvalue weighted by molar-refractivity contribution is 14.1. The van der Waals surface area contributed by atoms with Crippen LogP contribution in [0.5, 0.6) is 0 Å². The number of carbonyl (C=O) groups is 1. The number of benzene rings is 2. The lowest BCUT2D eigenvalue weighted by atomic mass is 10.2. The molecule has 0 saturated carbocycles. The molecule has 0 radical (unpaired) electrons. The maximum atomic E-state index is 12.6. The quantitative estimate of drug-likeness (QED) is 0.550. The Hall–Kier alpha value is -2.20. The fourth-order valence-electron chi connectivity index (χ4n) is 2.48. The molecule has 0 aliphatic carbocycles. The van der Waals surface area contributed by atoms with E-state index in [1.807, 2.05) is 36.4 Å². The van der Waals surface area contributed by atoms with Gasteiger partial charge in [0.2, 0.25) is 20.9 Å². The van der Waals surface area contributed by atoms with Crippen LogP contribution >= 0.6 is 22.6 Å². The summed E-state index contributed by atoms with van der Waals surface area (Å²) in [4.78, 5) is 16.1. The van der Waals surface area contributed by atoms with Crippen LogP contribution < -0.4 is 5.32 Å². The molecule has 0 unspecified atom stereocenters. The van der Waals surface area contributed by atoms with E-state index in [0.717, 1.165) is 9.13 Å². The molecule has 0 aliphatic heterocycles. The van der Waals surface area contributed by atoms with Gasteiger partial charge < -0.3 is 9.88 Å². The van der Waals surface area contributed by atoms with Crippen LogP contribution in [-0.2, 0) is 21.2 Å². The monoisotopic (exact) mass is 481 g/mol. The van der Waals surface area contributed by atoms with Crippen LogP contribution in [-0.4, -0.2) is 29.6 Å². The van der Waals surface area contributed by atoms with Crippen molar-refractivity contribution >= 4 is 44.0 Å². The van der Waals surface area contributed by atoms with Gasteiger partial charge in [-0.2, -0.15) is 0 Å². The van der Waals surface area contributed by atoms with Gasteiger partial charge in [0.25, 0.3) is 0 Å². The van der Waals surface area contributed by atoms with Gasteiger partial charge in [-0.1, -0.05) is 36.4 Å². The molecule has 3 aromatic rings. The fourth-order valence-corrected chi connectivity index (χ4v) is 4.27. The summed E-state index contributed by atoms with van der Waals surface area (Å²) in [7, 11) is -3.86. The van der Waals surface area contributed by atoms with Gasteiger partial charge in [0.1, 0.15) is 5.75 Å². The lowest BCUT2D eigenvalue weighted by Gasteiger charge is -2.09. The number of sulfone groups is 1. The van der Waals surface area contributed by atoms with Gasteiger partial charge >= 0.3 is 0 Å². The number of hydrogen-bond acceptors (Lipinski definition) is 4. The molecule has 3 rings (SSSR count). The van der Waals surface area contributed by atoms with E-state index in [9.17, 15) is 13.2 Å². The van der Waals surface area contributed by atoms with Crippen molar-refractivity contribution in [3.63, 3.8) is 0 Å². The average molecular weight is 481 g/mol. The smallest absolute Gasteiger partial charge is 0.240 e. The van der Waals surface area contributed by atoms with Gasteiger partial charge in [-0.25, -0.2) is 13.4 Å². The molecule has 1 aromatic heterocycles. The van der Waals surface area contributed by atoms with Gasteiger partial charge in [-0.3, -0.25) is 4.79 Å². The summed E-state index contributed by atoms with van der Waals surface area (Å²) in [6.45, 7) is 0.369. The second kappa shape index (κ2) is 8.00. The van der Waals surface area contributed by atoms with Crippen molar-refractivity contribution in [3.8, 4) is 0 Å². The number of hydrogen-bond donors (Lipinski definition) is 1. The Balaban J connectivity index is 1.74. The van der Waals surface area contributed by atoms with Crippen molar-refractivity contribution in [2.24, 2.45) is 0 Å². The molecule has 2 aromatic carbocycles. The van der Waals surface area contributed by atoms with Crippen LogP contribution in [0.25, 0.3) is 0 Å². The third-order valence-corrected chi connectivity index (χ3v) is 5.79. The molecule has 1 N–H and O–H groups in total. The largest absolute Gasteiger partial charge is 0.325 e. The van der Waals surface area contributed by atoms with Crippen LogP contribution in [0.2, 0.25) is 0 Å². The molecule has 1 heterocycles. The fraction of sp³-hybridized carbons (Fsp3) is 0.111. The maximum absolute atomic E-state index is 12.6. The van der Waals surface area contributed by atoms with Gasteiger partial charge in [-0.15, -0.1) is 0 Å². The Morgan fingerprint density at radius 1 is 1.12 bits per heavy atom. The van der Waals surface area contributed by atoms with Crippen LogP contribution in [0.4, 0.5) is 5.69 Å². The Labute approximate surface area is 165 Å². The average Bonchev–Trinajstić information content (AvgIpc) is 3.04. The van der Waals surface area contributed by atoms with E-state index < -0.39 is 21.5 Å². The van der Waals surface area contributed by atoms with Gasteiger partial charge in [0.05, 0.1) is 0 Å². The summed E-state index contributed by atoms with van der Waals surface area (Å²) < 4.78 is 27.7. The summed E-state index contributed by atoms with van der Waals surface area (Å²) in [6.07, 6.45) is 3.02. The number of aromatic nitrogens is 2. The van der Waals surface area contributed by atoms with E-state index >= 15 is 0 Å². The van der Waals surface area contributed by atoms with E-state index in [0.29, 0.717) is 12.2 Å². The summed E-state index contributed by atoms with van der Waals surface area (Å²) in [5, 5.41) is 2.50. The molecule has 8 heteroatoms. The van der Waals surface area contributed by atoms with Crippen molar-refractivity contribution in [2.45, 2.75) is 11.7 Å². The number of carbonyl (C=O) groups excluding carboxylic acids is 1. The minimum absolute atomic E-state index is 0.112. The maximum Gasteiger partial charge on any atom is 0.240 e. The van der Waals surface area contributed by atoms with Gasteiger partial charge in [-0.05, 0) is 46.4 Å². The number of anilines is 1. The summed E-state index contributed by atoms with van der Waals surface area (Å²) in [6, 6.07) is 16.6. The van der Waals surface area contributed by atoms with Crippen molar-refractivity contribution in [2.75, 3.05) is 11.1 Å². The Kier molecular flexibility index (Phi) is 5.72. The molecule has 0 aliphatic rings. The summed E-state index contributed by atoms with van der Waals surface area (Å²) >= 11 is 2.12. The molecule has 134 valence electrons. The number of nitrogens with one attached hydrogen (secondary N) is 1. The first kappa shape index (κ1) is 18.6. The first-order valence-electron chi connectivity index (χ1n) is 7.77. The van der Waals surface area contributed by atoms with Crippen LogP contribution in [0, 0.1) is 3.57 Å². The highest BCUT2D eigenvalue weighted by Gasteiger charge is 2.24. The Morgan fingerprint density at radius 3 is 2.62 bits per heavy atom. The third kappa shape index (κ3) is 4.70. The van der Waals surface area contributed by atoms with Crippen LogP contribution in [0.15, 0.2) is 72.1 Å². The molecular weight excluding hydrogens is 465 g/mol. The first-order chi connectivity index (χ1) is 12.4. The highest BCUT2D eigenvalue weighted by Crippen LogP contribution is 2.15. The van der Waals surface area contributed by atoms with Crippen molar-refractivity contribution in [3.05, 3.63) is 76.1 Å². The van der Waals surface area contributed by atoms with E-state index in [-0.39, 0.29) is 5.16 Å². The SMILES string of the molecule is O=C(CS(=O)(=O)c1nccn1Cc1ccccc1)Nc1cccc(I)c1. The van der Waals surface area contributed by atoms with E-state index in [2.05, 4.69) is 32.9 Å². The van der Waals surface area contributed by atoms with Gasteiger partial charge in [0.15, 0.2) is 0 Å². The lowest BCUT2D eigenvalue weighted by molar-refractivity contribution is -0.113. The number of rotatable bonds is 6. The number of halogens is 1. The molecule has 0 atom stereocenters. The van der Waals surface area contributed by atoms with E-state index in [1.165, 1.54) is 10.8 Å². The normalized spacial score (nSPS) is 11.3. The minimum Gasteiger partial charge on any atom is -0.325 e. The zero-order valence-electron chi connectivity index (χ0n) is 13.7. The van der Waals surface area contributed by atoms with Crippen LogP contribution in [0.1, 0.15) is 5.56 Å². The lowest BCUT2D eigenvalue weighted by Crippen LogP contribution is -2.25. The third-order valence-electron chi connectivity index (χ3n) is 3.58. The first-order valence-corrected chi connectivity index (χ1v) is 10.5. The summed E-state index contributed by atoms with van der Waals surface area (Å²) in [5.41, 5.74) is 1.51. The summed E-state index contributed by atoms with van der Waals surface area (Å²) in [5.74, 6) is -1.26. The van der Waals surface area contributed by atoms with Crippen molar-refractivity contribution in [1.29, 1.82) is 0 Å².